The van der Waals surface area contributed by atoms with Crippen LogP contribution in [0.5, 0.6) is 11.5 Å². The molecular weight excluding hydrogens is 264 g/mol. The van der Waals surface area contributed by atoms with Crippen LogP contribution in [0.1, 0.15) is 23.5 Å². The summed E-state index contributed by atoms with van der Waals surface area (Å²) in [4.78, 5) is 0. The number of fused-ring (bicyclic) bond motifs is 1. The lowest BCUT2D eigenvalue weighted by atomic mass is 9.94. The van der Waals surface area contributed by atoms with E-state index in [0.29, 0.717) is 18.9 Å². The molecular formula is C18H20O3. The molecule has 0 spiro atoms. The number of para-hydroxylation sites is 1. The quantitative estimate of drug-likeness (QED) is 0.916. The third-order valence-electron chi connectivity index (χ3n) is 3.86. The highest BCUT2D eigenvalue weighted by molar-refractivity contribution is 5.38. The van der Waals surface area contributed by atoms with E-state index in [1.165, 1.54) is 5.56 Å². The number of ether oxygens (including phenoxy) is 2. The number of rotatable bonds is 5. The van der Waals surface area contributed by atoms with E-state index in [0.717, 1.165) is 30.1 Å². The molecule has 3 heteroatoms. The van der Waals surface area contributed by atoms with Crippen molar-refractivity contribution in [1.82, 2.24) is 0 Å². The lowest BCUT2D eigenvalue weighted by Gasteiger charge is -2.25. The van der Waals surface area contributed by atoms with Crippen molar-refractivity contribution >= 4 is 0 Å². The second kappa shape index (κ2) is 6.64. The zero-order valence-corrected chi connectivity index (χ0v) is 12.0. The molecule has 0 bridgehead atoms. The van der Waals surface area contributed by atoms with Gasteiger partial charge in [-0.25, -0.2) is 0 Å². The number of aliphatic hydroxyl groups is 1. The zero-order chi connectivity index (χ0) is 14.5. The maximum Gasteiger partial charge on any atom is 0.122 e. The SMILES string of the molecule is OCCc1ccc(OCC2CCOc3ccccc32)cc1. The van der Waals surface area contributed by atoms with E-state index in [1.54, 1.807) is 0 Å². The molecule has 1 unspecified atom stereocenters. The van der Waals surface area contributed by atoms with Crippen molar-refractivity contribution in [2.45, 2.75) is 18.8 Å². The highest BCUT2D eigenvalue weighted by Gasteiger charge is 2.21. The van der Waals surface area contributed by atoms with Gasteiger partial charge in [-0.05, 0) is 36.6 Å². The summed E-state index contributed by atoms with van der Waals surface area (Å²) in [6, 6.07) is 16.1. The Morgan fingerprint density at radius 1 is 1.10 bits per heavy atom. The number of hydrogen-bond acceptors (Lipinski definition) is 3. The van der Waals surface area contributed by atoms with E-state index in [4.69, 9.17) is 14.6 Å². The monoisotopic (exact) mass is 284 g/mol. The Bertz CT molecular complexity index is 577. The average molecular weight is 284 g/mol. The third kappa shape index (κ3) is 3.37. The summed E-state index contributed by atoms with van der Waals surface area (Å²) in [5, 5.41) is 8.91. The molecule has 1 atom stereocenters. The van der Waals surface area contributed by atoms with Crippen LogP contribution in [0.15, 0.2) is 48.5 Å². The minimum atomic E-state index is 0.180. The van der Waals surface area contributed by atoms with Crippen LogP contribution in [-0.2, 0) is 6.42 Å². The predicted molar refractivity (Wildman–Crippen MR) is 82.0 cm³/mol. The molecule has 3 rings (SSSR count). The van der Waals surface area contributed by atoms with Crippen molar-refractivity contribution in [1.29, 1.82) is 0 Å². The van der Waals surface area contributed by atoms with E-state index in [2.05, 4.69) is 6.07 Å². The maximum absolute atomic E-state index is 8.91. The summed E-state index contributed by atoms with van der Waals surface area (Å²) in [5.41, 5.74) is 2.36. The zero-order valence-electron chi connectivity index (χ0n) is 12.0. The molecule has 3 nitrogen and oxygen atoms in total. The third-order valence-corrected chi connectivity index (χ3v) is 3.86. The Balaban J connectivity index is 1.63. The highest BCUT2D eigenvalue weighted by Crippen LogP contribution is 2.33. The van der Waals surface area contributed by atoms with Crippen LogP contribution in [0.4, 0.5) is 0 Å². The first kappa shape index (κ1) is 14.0. The Labute approximate surface area is 125 Å². The van der Waals surface area contributed by atoms with Gasteiger partial charge in [0, 0.05) is 18.1 Å². The van der Waals surface area contributed by atoms with Crippen molar-refractivity contribution in [2.24, 2.45) is 0 Å². The van der Waals surface area contributed by atoms with Crippen LogP contribution in [0.3, 0.4) is 0 Å². The molecule has 0 radical (unpaired) electrons. The maximum atomic E-state index is 8.91. The van der Waals surface area contributed by atoms with Gasteiger partial charge in [0.1, 0.15) is 11.5 Å². The molecule has 0 fully saturated rings. The van der Waals surface area contributed by atoms with Crippen LogP contribution in [0.25, 0.3) is 0 Å². The minimum absolute atomic E-state index is 0.180. The largest absolute Gasteiger partial charge is 0.493 e. The van der Waals surface area contributed by atoms with Gasteiger partial charge in [-0.2, -0.15) is 0 Å². The van der Waals surface area contributed by atoms with E-state index in [9.17, 15) is 0 Å². The van der Waals surface area contributed by atoms with Crippen LogP contribution in [-0.4, -0.2) is 24.9 Å². The summed E-state index contributed by atoms with van der Waals surface area (Å²) < 4.78 is 11.6. The molecule has 1 N–H and O–H groups in total. The lowest BCUT2D eigenvalue weighted by Crippen LogP contribution is -2.19. The fraction of sp³-hybridized carbons (Fsp3) is 0.333. The molecule has 1 aliphatic rings. The van der Waals surface area contributed by atoms with Crippen LogP contribution < -0.4 is 9.47 Å². The Hall–Kier alpha value is -2.00. The molecule has 0 aliphatic carbocycles. The van der Waals surface area contributed by atoms with Crippen molar-refractivity contribution in [3.8, 4) is 11.5 Å². The standard InChI is InChI=1S/C18H20O3/c19-11-9-14-5-7-16(8-6-14)21-13-15-10-12-20-18-4-2-1-3-17(15)18/h1-8,15,19H,9-13H2. The van der Waals surface area contributed by atoms with Crippen molar-refractivity contribution in [2.75, 3.05) is 19.8 Å². The normalized spacial score (nSPS) is 16.9. The molecule has 0 aromatic heterocycles. The first-order valence-electron chi connectivity index (χ1n) is 7.41. The van der Waals surface area contributed by atoms with Gasteiger partial charge in [0.2, 0.25) is 0 Å². The molecule has 1 heterocycles. The molecule has 2 aromatic carbocycles. The van der Waals surface area contributed by atoms with Crippen molar-refractivity contribution < 1.29 is 14.6 Å². The van der Waals surface area contributed by atoms with E-state index in [1.807, 2.05) is 42.5 Å². The fourth-order valence-electron chi connectivity index (χ4n) is 2.67. The first-order valence-corrected chi connectivity index (χ1v) is 7.41. The predicted octanol–water partition coefficient (Wildman–Crippen LogP) is 3.17. The Morgan fingerprint density at radius 3 is 2.71 bits per heavy atom. The van der Waals surface area contributed by atoms with Gasteiger partial charge in [0.05, 0.1) is 13.2 Å². The molecule has 1 aliphatic heterocycles. The van der Waals surface area contributed by atoms with Gasteiger partial charge in [0.25, 0.3) is 0 Å². The van der Waals surface area contributed by atoms with Crippen LogP contribution >= 0.6 is 0 Å². The Kier molecular flexibility index (Phi) is 4.41. The van der Waals surface area contributed by atoms with Gasteiger partial charge < -0.3 is 14.6 Å². The Morgan fingerprint density at radius 2 is 1.90 bits per heavy atom. The van der Waals surface area contributed by atoms with Crippen LogP contribution in [0, 0.1) is 0 Å². The van der Waals surface area contributed by atoms with Crippen molar-refractivity contribution in [3.05, 3.63) is 59.7 Å². The lowest BCUT2D eigenvalue weighted by molar-refractivity contribution is 0.217. The summed E-state index contributed by atoms with van der Waals surface area (Å²) in [7, 11) is 0. The molecule has 2 aromatic rings. The van der Waals surface area contributed by atoms with Gasteiger partial charge in [-0.3, -0.25) is 0 Å². The summed E-state index contributed by atoms with van der Waals surface area (Å²) >= 11 is 0. The summed E-state index contributed by atoms with van der Waals surface area (Å²) in [6.07, 6.45) is 1.67. The average Bonchev–Trinajstić information content (AvgIpc) is 2.54. The highest BCUT2D eigenvalue weighted by atomic mass is 16.5. The first-order chi connectivity index (χ1) is 10.4. The second-order valence-corrected chi connectivity index (χ2v) is 5.30. The van der Waals surface area contributed by atoms with Gasteiger partial charge in [-0.15, -0.1) is 0 Å². The number of benzene rings is 2. The second-order valence-electron chi connectivity index (χ2n) is 5.30. The molecule has 21 heavy (non-hydrogen) atoms. The number of hydrogen-bond donors (Lipinski definition) is 1. The van der Waals surface area contributed by atoms with Crippen LogP contribution in [0.2, 0.25) is 0 Å². The van der Waals surface area contributed by atoms with Crippen molar-refractivity contribution in [3.63, 3.8) is 0 Å². The molecule has 110 valence electrons. The number of aliphatic hydroxyl groups excluding tert-OH is 1. The van der Waals surface area contributed by atoms with E-state index < -0.39 is 0 Å². The summed E-state index contributed by atoms with van der Waals surface area (Å²) in [6.45, 7) is 1.60. The van der Waals surface area contributed by atoms with E-state index >= 15 is 0 Å². The van der Waals surface area contributed by atoms with E-state index in [-0.39, 0.29) is 6.61 Å². The molecule has 0 saturated heterocycles. The van der Waals surface area contributed by atoms with Gasteiger partial charge >= 0.3 is 0 Å². The smallest absolute Gasteiger partial charge is 0.122 e. The van der Waals surface area contributed by atoms with Gasteiger partial charge in [-0.1, -0.05) is 30.3 Å². The topological polar surface area (TPSA) is 38.7 Å². The molecule has 0 amide bonds. The molecule has 0 saturated carbocycles. The minimum Gasteiger partial charge on any atom is -0.493 e. The van der Waals surface area contributed by atoms with Gasteiger partial charge in [0.15, 0.2) is 0 Å². The summed E-state index contributed by atoms with van der Waals surface area (Å²) in [5.74, 6) is 2.24. The fourth-order valence-corrected chi connectivity index (χ4v) is 2.67.